The second kappa shape index (κ2) is 30.9. The summed E-state index contributed by atoms with van der Waals surface area (Å²) in [6.07, 6.45) is 0.147. The minimum atomic E-state index is -1.74. The lowest BCUT2D eigenvalue weighted by Crippen LogP contribution is -2.60. The van der Waals surface area contributed by atoms with E-state index in [9.17, 15) is 53.2 Å². The van der Waals surface area contributed by atoms with Crippen molar-refractivity contribution in [3.63, 3.8) is 0 Å². The number of para-hydroxylation sites is 1. The van der Waals surface area contributed by atoms with Crippen LogP contribution in [0.3, 0.4) is 0 Å². The Hall–Kier alpha value is -9.29. The lowest BCUT2D eigenvalue weighted by Gasteiger charge is -2.28. The van der Waals surface area contributed by atoms with E-state index in [1.807, 2.05) is 18.2 Å². The number of nitrogens with two attached hydrogens (primary N) is 6. The van der Waals surface area contributed by atoms with E-state index < -0.39 is 121 Å². The maximum atomic E-state index is 14.7. The average Bonchev–Trinajstić information content (AvgIpc) is 3.82. The normalized spacial score (nSPS) is 20.6. The van der Waals surface area contributed by atoms with E-state index in [2.05, 4.69) is 57.5 Å². The Balaban J connectivity index is 1.81. The molecule has 0 spiro atoms. The Kier molecular flexibility index (Phi) is 24.3. The largest absolute Gasteiger partial charge is 0.370 e. The molecular weight excluding hydrogens is 1010 g/mol. The predicted octanol–water partition coefficient (Wildman–Crippen LogP) is -4.21. The number of amides is 10. The first kappa shape index (κ1) is 61.3. The first-order valence-electron chi connectivity index (χ1n) is 25.2. The van der Waals surface area contributed by atoms with E-state index in [4.69, 9.17) is 34.4 Å². The molecule has 2 aromatic carbocycles. The number of nitrogens with zero attached hydrogens (tertiary/aromatic N) is 3. The summed E-state index contributed by atoms with van der Waals surface area (Å²) in [7, 11) is 0. The smallest absolute Gasteiger partial charge is 0.243 e. The first-order chi connectivity index (χ1) is 37.1. The van der Waals surface area contributed by atoms with Gasteiger partial charge in [0.15, 0.2) is 11.9 Å². The van der Waals surface area contributed by atoms with Crippen LogP contribution in [0.4, 0.5) is 0 Å². The van der Waals surface area contributed by atoms with Crippen molar-refractivity contribution in [3.8, 4) is 6.07 Å². The molecule has 7 atom stereocenters. The molecule has 10 amide bonds. The summed E-state index contributed by atoms with van der Waals surface area (Å²) >= 11 is 0. The van der Waals surface area contributed by atoms with Gasteiger partial charge in [-0.05, 0) is 80.7 Å². The second-order valence-corrected chi connectivity index (χ2v) is 18.6. The molecule has 0 unspecified atom stereocenters. The van der Waals surface area contributed by atoms with Crippen molar-refractivity contribution in [3.05, 3.63) is 71.4 Å². The van der Waals surface area contributed by atoms with Crippen molar-refractivity contribution in [2.75, 3.05) is 19.6 Å². The molecule has 1 aromatic heterocycles. The molecular formula is C50H70N18O10. The lowest BCUT2D eigenvalue weighted by molar-refractivity contribution is -0.136. The van der Waals surface area contributed by atoms with Crippen LogP contribution < -0.4 is 76.9 Å². The number of benzene rings is 2. The summed E-state index contributed by atoms with van der Waals surface area (Å²) in [5.74, 6) is -9.28. The molecule has 4 rings (SSSR count). The average molecular weight is 1080 g/mol. The summed E-state index contributed by atoms with van der Waals surface area (Å²) in [6.45, 7) is 1.20. The highest BCUT2D eigenvalue weighted by Gasteiger charge is 2.35. The molecule has 2 heterocycles. The van der Waals surface area contributed by atoms with Gasteiger partial charge in [-0.3, -0.25) is 57.9 Å². The van der Waals surface area contributed by atoms with Crippen molar-refractivity contribution < 1.29 is 47.9 Å². The number of primary amides is 2. The van der Waals surface area contributed by atoms with Crippen LogP contribution in [0.25, 0.3) is 10.9 Å². The van der Waals surface area contributed by atoms with Gasteiger partial charge in [0.2, 0.25) is 59.1 Å². The van der Waals surface area contributed by atoms with E-state index in [0.29, 0.717) is 11.1 Å². The van der Waals surface area contributed by atoms with Crippen LogP contribution >= 0.6 is 0 Å². The number of nitriles is 1. The van der Waals surface area contributed by atoms with Gasteiger partial charge in [0.25, 0.3) is 0 Å². The SMILES string of the molecule is CC(=O)N[C@@H](CCCN=C(N)N)C(=O)N[C@H]1CC(=O)NCCCC[C@@H](C(N)=O)NC(=O)[C@H](Cc2c[nH]c3ccccc23)NC(=O)[C@H](CCCN=C(N)N)NC(=O)[C@@H](Cc2ccc(C#N)cc2)NC(=O)[C@H](CCC(N)=O)NC1=O. The van der Waals surface area contributed by atoms with Crippen LogP contribution in [-0.4, -0.2) is 138 Å². The van der Waals surface area contributed by atoms with Gasteiger partial charge in [0.1, 0.15) is 42.3 Å². The summed E-state index contributed by atoms with van der Waals surface area (Å²) in [4.78, 5) is 148. The number of rotatable bonds is 19. The maximum Gasteiger partial charge on any atom is 0.243 e. The Labute approximate surface area is 449 Å². The monoisotopic (exact) mass is 1080 g/mol. The summed E-state index contributed by atoms with van der Waals surface area (Å²) in [6, 6.07) is 4.85. The number of aromatic nitrogens is 1. The summed E-state index contributed by atoms with van der Waals surface area (Å²) in [5, 5.41) is 30.9. The van der Waals surface area contributed by atoms with Crippen LogP contribution in [-0.2, 0) is 60.8 Å². The number of carbonyl (C=O) groups is 10. The van der Waals surface area contributed by atoms with Gasteiger partial charge in [-0.25, -0.2) is 0 Å². The standard InChI is InChI=1S/C50H70N18O10/c1-27(69)62-34(11-6-20-59-49(54)55)43(73)68-39-24-41(71)58-19-5-4-10-33(42(53)72)63-47(77)38(23-30-26-61-32-9-3-2-8-31(30)32)67-44(74)35(12-7-21-60-50(56)57)64-46(76)37(22-28-13-15-29(25-51)16-14-28)66-45(75)36(65-48(39)78)17-18-40(52)70/h2-3,8-9,13-16,26,33-39,61H,4-7,10-12,17-24H2,1H3,(H2,52,70)(H2,53,72)(H,58,71)(H,62,69)(H,63,77)(H,64,76)(H,65,78)(H,66,75)(H,67,74)(H,68,73)(H4,54,55,59)(H4,56,57,60)/t33-,34-,35-,36-,37+,38-,39-/m0/s1. The molecule has 28 heteroatoms. The summed E-state index contributed by atoms with van der Waals surface area (Å²) in [5.41, 5.74) is 35.3. The maximum absolute atomic E-state index is 14.7. The molecule has 3 aromatic rings. The zero-order chi connectivity index (χ0) is 57.3. The van der Waals surface area contributed by atoms with Gasteiger partial charge in [-0.15, -0.1) is 0 Å². The highest BCUT2D eigenvalue weighted by Crippen LogP contribution is 2.20. The first-order valence-corrected chi connectivity index (χ1v) is 25.2. The fourth-order valence-electron chi connectivity index (χ4n) is 8.32. The number of nitrogens with one attached hydrogen (secondary N) is 9. The molecule has 0 bridgehead atoms. The van der Waals surface area contributed by atoms with Gasteiger partial charge < -0.3 is 81.9 Å². The van der Waals surface area contributed by atoms with Crippen LogP contribution in [0, 0.1) is 11.3 Å². The van der Waals surface area contributed by atoms with E-state index in [-0.39, 0.29) is 94.9 Å². The number of hydrogen-bond acceptors (Lipinski definition) is 13. The van der Waals surface area contributed by atoms with Gasteiger partial charge in [0.05, 0.1) is 18.1 Å². The molecule has 0 saturated carbocycles. The molecule has 78 heavy (non-hydrogen) atoms. The van der Waals surface area contributed by atoms with Crippen molar-refractivity contribution in [1.29, 1.82) is 5.26 Å². The fraction of sp³-hybridized carbons (Fsp3) is 0.460. The molecule has 0 aliphatic carbocycles. The lowest BCUT2D eigenvalue weighted by atomic mass is 10.0. The quantitative estimate of drug-likeness (QED) is 0.0307. The van der Waals surface area contributed by atoms with Gasteiger partial charge in [0, 0.05) is 62.9 Å². The third kappa shape index (κ3) is 20.8. The highest BCUT2D eigenvalue weighted by molar-refractivity contribution is 5.99. The van der Waals surface area contributed by atoms with Crippen LogP contribution in [0.1, 0.15) is 87.8 Å². The minimum Gasteiger partial charge on any atom is -0.370 e. The Morgan fingerprint density at radius 1 is 0.718 bits per heavy atom. The zero-order valence-electron chi connectivity index (χ0n) is 43.2. The van der Waals surface area contributed by atoms with Crippen LogP contribution in [0.2, 0.25) is 0 Å². The van der Waals surface area contributed by atoms with Gasteiger partial charge >= 0.3 is 0 Å². The number of hydrogen-bond donors (Lipinski definition) is 15. The van der Waals surface area contributed by atoms with E-state index in [1.54, 1.807) is 18.3 Å². The second-order valence-electron chi connectivity index (χ2n) is 18.6. The predicted molar refractivity (Wildman–Crippen MR) is 285 cm³/mol. The molecule has 1 aliphatic heterocycles. The van der Waals surface area contributed by atoms with E-state index >= 15 is 0 Å². The van der Waals surface area contributed by atoms with Crippen molar-refractivity contribution in [1.82, 2.24) is 47.5 Å². The Morgan fingerprint density at radius 2 is 1.31 bits per heavy atom. The number of carbonyl (C=O) groups excluding carboxylic acids is 10. The van der Waals surface area contributed by atoms with Crippen molar-refractivity contribution in [2.45, 2.75) is 126 Å². The molecule has 28 nitrogen and oxygen atoms in total. The Bertz CT molecular complexity index is 2730. The van der Waals surface area contributed by atoms with Gasteiger partial charge in [-0.1, -0.05) is 30.3 Å². The molecule has 1 aliphatic rings. The number of aliphatic imine (C=N–C) groups is 2. The Morgan fingerprint density at radius 3 is 1.94 bits per heavy atom. The fourth-order valence-corrected chi connectivity index (χ4v) is 8.32. The third-order valence-corrected chi connectivity index (χ3v) is 12.3. The number of aromatic amines is 1. The van der Waals surface area contributed by atoms with E-state index in [0.717, 1.165) is 17.8 Å². The third-order valence-electron chi connectivity index (χ3n) is 12.3. The van der Waals surface area contributed by atoms with Crippen LogP contribution in [0.5, 0.6) is 0 Å². The van der Waals surface area contributed by atoms with E-state index in [1.165, 1.54) is 24.3 Å². The zero-order valence-corrected chi connectivity index (χ0v) is 43.2. The number of guanidine groups is 2. The van der Waals surface area contributed by atoms with Gasteiger partial charge in [-0.2, -0.15) is 5.26 Å². The molecule has 1 saturated heterocycles. The molecule has 0 radical (unpaired) electrons. The molecule has 420 valence electrons. The van der Waals surface area contributed by atoms with Crippen molar-refractivity contribution in [2.24, 2.45) is 44.4 Å². The molecule has 1 fully saturated rings. The topological polar surface area (TPSA) is 487 Å². The van der Waals surface area contributed by atoms with Crippen LogP contribution in [0.15, 0.2) is 64.7 Å². The number of fused-ring (bicyclic) bond motifs is 1. The summed E-state index contributed by atoms with van der Waals surface area (Å²) < 4.78 is 0. The van der Waals surface area contributed by atoms with Crippen molar-refractivity contribution >= 4 is 81.9 Å². The minimum absolute atomic E-state index is 0.00403. The molecule has 21 N–H and O–H groups in total. The highest BCUT2D eigenvalue weighted by atomic mass is 16.2. The number of H-pyrrole nitrogens is 1.